The van der Waals surface area contributed by atoms with Crippen molar-refractivity contribution >= 4 is 27.5 Å². The molecule has 0 heterocycles. The zero-order chi connectivity index (χ0) is 12.9. The van der Waals surface area contributed by atoms with Crippen LogP contribution in [0.4, 0.5) is 0 Å². The molecule has 0 aliphatic heterocycles. The third-order valence-corrected chi connectivity index (χ3v) is 8.92. The van der Waals surface area contributed by atoms with Crippen molar-refractivity contribution in [2.24, 2.45) is 0 Å². The van der Waals surface area contributed by atoms with E-state index in [0.29, 0.717) is 0 Å². The number of benzene rings is 3. The average Bonchev–Trinajstić information content (AvgIpc) is 2.51. The second-order valence-electron chi connectivity index (χ2n) is 4.47. The normalized spacial score (nSPS) is 10.1. The Hall–Kier alpha value is -1.17. The Morgan fingerprint density at radius 1 is 0.400 bits per heavy atom. The van der Waals surface area contributed by atoms with Gasteiger partial charge in [0.15, 0.2) is 0 Å². The molecule has 1 radical (unpaired) electrons. The predicted molar refractivity (Wildman–Crippen MR) is 84.0 cm³/mol. The third kappa shape index (κ3) is 3.47. The van der Waals surface area contributed by atoms with E-state index < -0.39 is 14.3 Å². The minimum atomic E-state index is -1.63. The van der Waals surface area contributed by atoms with E-state index in [0.717, 1.165) is 0 Å². The molecule has 0 unspecified atom stereocenters. The van der Waals surface area contributed by atoms with Crippen molar-refractivity contribution in [2.45, 2.75) is 0 Å². The summed E-state index contributed by atoms with van der Waals surface area (Å²) in [6, 6.07) is 32.8. The van der Waals surface area contributed by atoms with Gasteiger partial charge in [-0.3, -0.25) is 0 Å². The molecule has 0 atom stereocenters. The SMILES string of the molecule is [Ru].c1cc[c]([Ge]([c]2ccccc2)[c]2ccccc2)cc1. The first-order valence-electron chi connectivity index (χ1n) is 6.48. The van der Waals surface area contributed by atoms with E-state index in [-0.39, 0.29) is 19.5 Å². The van der Waals surface area contributed by atoms with Crippen molar-refractivity contribution in [1.29, 1.82) is 0 Å². The summed E-state index contributed by atoms with van der Waals surface area (Å²) in [6.07, 6.45) is 0. The topological polar surface area (TPSA) is 0 Å². The van der Waals surface area contributed by atoms with Crippen LogP contribution in [0.3, 0.4) is 0 Å². The van der Waals surface area contributed by atoms with Gasteiger partial charge in [0.25, 0.3) is 0 Å². The van der Waals surface area contributed by atoms with Gasteiger partial charge in [-0.15, -0.1) is 0 Å². The molecule has 0 saturated heterocycles. The van der Waals surface area contributed by atoms with Crippen LogP contribution in [-0.4, -0.2) is 14.3 Å². The zero-order valence-corrected chi connectivity index (χ0v) is 14.8. The van der Waals surface area contributed by atoms with Crippen LogP contribution in [0.5, 0.6) is 0 Å². The Morgan fingerprint density at radius 2 is 0.650 bits per heavy atom. The van der Waals surface area contributed by atoms with Gasteiger partial charge < -0.3 is 0 Å². The Labute approximate surface area is 137 Å². The van der Waals surface area contributed by atoms with Crippen LogP contribution in [-0.2, 0) is 19.5 Å². The van der Waals surface area contributed by atoms with Crippen LogP contribution in [0.1, 0.15) is 0 Å². The molecule has 0 bridgehead atoms. The molecule has 0 N–H and O–H groups in total. The Balaban J connectivity index is 0.00000147. The molecule has 20 heavy (non-hydrogen) atoms. The van der Waals surface area contributed by atoms with Crippen LogP contribution >= 0.6 is 0 Å². The van der Waals surface area contributed by atoms with E-state index in [2.05, 4.69) is 91.0 Å². The summed E-state index contributed by atoms with van der Waals surface area (Å²) in [5.74, 6) is 0. The van der Waals surface area contributed by atoms with Crippen LogP contribution in [0.15, 0.2) is 91.0 Å². The van der Waals surface area contributed by atoms with Crippen LogP contribution in [0, 0.1) is 0 Å². The molecule has 3 aromatic carbocycles. The summed E-state index contributed by atoms with van der Waals surface area (Å²) in [7, 11) is 0. The van der Waals surface area contributed by atoms with E-state index in [9.17, 15) is 0 Å². The summed E-state index contributed by atoms with van der Waals surface area (Å²) >= 11 is -1.63. The van der Waals surface area contributed by atoms with Gasteiger partial charge >= 0.3 is 119 Å². The monoisotopic (exact) mass is 407 g/mol. The van der Waals surface area contributed by atoms with E-state index in [4.69, 9.17) is 0 Å². The van der Waals surface area contributed by atoms with E-state index in [1.807, 2.05) is 0 Å². The molecular weight excluding hydrogens is 390 g/mol. The molecule has 0 fully saturated rings. The maximum absolute atomic E-state index is 2.27. The fourth-order valence-electron chi connectivity index (χ4n) is 2.31. The second kappa shape index (κ2) is 7.57. The quantitative estimate of drug-likeness (QED) is 0.587. The fraction of sp³-hybridized carbons (Fsp3) is 0. The Bertz CT molecular complexity index is 529. The fourth-order valence-corrected chi connectivity index (χ4v) is 7.72. The van der Waals surface area contributed by atoms with Crippen LogP contribution in [0.2, 0.25) is 0 Å². The molecule has 0 aromatic heterocycles. The third-order valence-electron chi connectivity index (χ3n) is 3.19. The molecule has 0 aliphatic carbocycles. The van der Waals surface area contributed by atoms with Gasteiger partial charge in [-0.1, -0.05) is 0 Å². The summed E-state index contributed by atoms with van der Waals surface area (Å²) < 4.78 is 4.50. The standard InChI is InChI=1S/C18H15Ge.Ru/c1-4-10-16(11-5-1)19(17-12-6-2-7-13-17)18-14-8-3-9-15-18;/h1-15H;. The van der Waals surface area contributed by atoms with Gasteiger partial charge in [0, 0.05) is 19.5 Å². The van der Waals surface area contributed by atoms with Crippen LogP contribution < -0.4 is 13.2 Å². The molecule has 99 valence electrons. The van der Waals surface area contributed by atoms with Gasteiger partial charge in [0.05, 0.1) is 0 Å². The van der Waals surface area contributed by atoms with Crippen molar-refractivity contribution in [1.82, 2.24) is 0 Å². The first-order valence-corrected chi connectivity index (χ1v) is 9.63. The summed E-state index contributed by atoms with van der Waals surface area (Å²) in [4.78, 5) is 0. The Kier molecular flexibility index (Phi) is 5.76. The molecule has 0 saturated carbocycles. The minimum absolute atomic E-state index is 0. The van der Waals surface area contributed by atoms with Crippen molar-refractivity contribution < 1.29 is 19.5 Å². The van der Waals surface area contributed by atoms with E-state index >= 15 is 0 Å². The molecule has 0 aliphatic rings. The first kappa shape index (κ1) is 15.2. The average molecular weight is 405 g/mol. The number of hydrogen-bond acceptors (Lipinski definition) is 0. The number of rotatable bonds is 3. The van der Waals surface area contributed by atoms with E-state index in [1.165, 1.54) is 13.2 Å². The van der Waals surface area contributed by atoms with Crippen molar-refractivity contribution in [3.8, 4) is 0 Å². The first-order chi connectivity index (χ1) is 9.45. The Morgan fingerprint density at radius 3 is 0.900 bits per heavy atom. The molecule has 2 heteroatoms. The molecule has 0 spiro atoms. The van der Waals surface area contributed by atoms with Crippen molar-refractivity contribution in [3.63, 3.8) is 0 Å². The van der Waals surface area contributed by atoms with Gasteiger partial charge in [0.2, 0.25) is 0 Å². The maximum atomic E-state index is 2.27. The summed E-state index contributed by atoms with van der Waals surface area (Å²) in [5, 5.41) is 0. The molecule has 0 nitrogen and oxygen atoms in total. The van der Waals surface area contributed by atoms with Gasteiger partial charge in [-0.05, 0) is 0 Å². The van der Waals surface area contributed by atoms with Crippen molar-refractivity contribution in [2.75, 3.05) is 0 Å². The van der Waals surface area contributed by atoms with Gasteiger partial charge in [0.1, 0.15) is 0 Å². The predicted octanol–water partition coefficient (Wildman–Crippen LogP) is 2.20. The van der Waals surface area contributed by atoms with Crippen LogP contribution in [0.25, 0.3) is 0 Å². The molecular formula is C18H15GeRu. The zero-order valence-electron chi connectivity index (χ0n) is 11.0. The summed E-state index contributed by atoms with van der Waals surface area (Å²) in [5.41, 5.74) is 0. The summed E-state index contributed by atoms with van der Waals surface area (Å²) in [6.45, 7) is 0. The van der Waals surface area contributed by atoms with Crippen molar-refractivity contribution in [3.05, 3.63) is 91.0 Å². The molecule has 0 amide bonds. The van der Waals surface area contributed by atoms with Gasteiger partial charge in [-0.25, -0.2) is 0 Å². The van der Waals surface area contributed by atoms with E-state index in [1.54, 1.807) is 0 Å². The molecule has 3 rings (SSSR count). The second-order valence-corrected chi connectivity index (χ2v) is 9.68. The van der Waals surface area contributed by atoms with Gasteiger partial charge in [-0.2, -0.15) is 0 Å². The molecule has 3 aromatic rings. The number of hydrogen-bond donors (Lipinski definition) is 0.